The number of ether oxygens (including phenoxy) is 1. The summed E-state index contributed by atoms with van der Waals surface area (Å²) in [6.07, 6.45) is 0. The zero-order chi connectivity index (χ0) is 24.1. The van der Waals surface area contributed by atoms with Gasteiger partial charge in [0.1, 0.15) is 12.4 Å². The summed E-state index contributed by atoms with van der Waals surface area (Å²) in [5.41, 5.74) is 4.39. The summed E-state index contributed by atoms with van der Waals surface area (Å²) >= 11 is 1.58. The molecule has 1 saturated heterocycles. The van der Waals surface area contributed by atoms with E-state index in [9.17, 15) is 9.59 Å². The van der Waals surface area contributed by atoms with Gasteiger partial charge in [-0.05, 0) is 44.0 Å². The van der Waals surface area contributed by atoms with Crippen LogP contribution in [0.2, 0.25) is 0 Å². The van der Waals surface area contributed by atoms with Crippen molar-refractivity contribution in [2.24, 2.45) is 0 Å². The summed E-state index contributed by atoms with van der Waals surface area (Å²) in [6, 6.07) is 13.3. The van der Waals surface area contributed by atoms with Gasteiger partial charge in [0.05, 0.1) is 22.8 Å². The van der Waals surface area contributed by atoms with E-state index >= 15 is 0 Å². The number of amides is 2. The molecule has 1 fully saturated rings. The minimum Gasteiger partial charge on any atom is -0.486 e. The molecule has 3 aromatic rings. The number of rotatable bonds is 7. The van der Waals surface area contributed by atoms with Crippen molar-refractivity contribution in [2.75, 3.05) is 38.0 Å². The molecule has 0 bridgehead atoms. The number of aryl methyl sites for hydroxylation is 3. The van der Waals surface area contributed by atoms with Crippen molar-refractivity contribution in [3.8, 4) is 5.75 Å². The van der Waals surface area contributed by atoms with Crippen molar-refractivity contribution in [3.05, 3.63) is 75.2 Å². The van der Waals surface area contributed by atoms with E-state index in [4.69, 9.17) is 4.74 Å². The molecule has 8 heteroatoms. The Hall–Kier alpha value is -3.23. The molecule has 7 nitrogen and oxygen atoms in total. The third-order valence-corrected chi connectivity index (χ3v) is 6.75. The van der Waals surface area contributed by atoms with Crippen molar-refractivity contribution in [3.63, 3.8) is 0 Å². The van der Waals surface area contributed by atoms with E-state index in [0.29, 0.717) is 50.6 Å². The standard InChI is InChI=1S/C26H30N4O3S/c1-18-7-6-8-19(2)25(18)28-24(31)15-29-11-13-30(14-12-29)26(32)22-9-4-5-10-23(22)33-16-21-17-34-20(3)27-21/h4-10,17H,11-16H2,1-3H3,(H,28,31). The Morgan fingerprint density at radius 3 is 2.38 bits per heavy atom. The lowest BCUT2D eigenvalue weighted by atomic mass is 10.1. The molecule has 0 spiro atoms. The van der Waals surface area contributed by atoms with Crippen molar-refractivity contribution in [1.82, 2.24) is 14.8 Å². The molecular weight excluding hydrogens is 448 g/mol. The predicted octanol–water partition coefficient (Wildman–Crippen LogP) is 4.04. The first-order chi connectivity index (χ1) is 16.4. The molecule has 1 aliphatic rings. The van der Waals surface area contributed by atoms with Crippen LogP contribution in [0.15, 0.2) is 47.8 Å². The van der Waals surface area contributed by atoms with Gasteiger partial charge < -0.3 is 15.0 Å². The summed E-state index contributed by atoms with van der Waals surface area (Å²) in [6.45, 7) is 9.00. The summed E-state index contributed by atoms with van der Waals surface area (Å²) in [5, 5.41) is 6.00. The van der Waals surface area contributed by atoms with Crippen LogP contribution in [0.25, 0.3) is 0 Å². The van der Waals surface area contributed by atoms with Gasteiger partial charge >= 0.3 is 0 Å². The van der Waals surface area contributed by atoms with Crippen LogP contribution in [0.5, 0.6) is 5.75 Å². The maximum atomic E-state index is 13.2. The summed E-state index contributed by atoms with van der Waals surface area (Å²) in [4.78, 5) is 34.1. The number of piperazine rings is 1. The zero-order valence-corrected chi connectivity index (χ0v) is 20.7. The highest BCUT2D eigenvalue weighted by atomic mass is 32.1. The lowest BCUT2D eigenvalue weighted by Crippen LogP contribution is -2.50. The van der Waals surface area contributed by atoms with Crippen LogP contribution in [-0.4, -0.2) is 59.3 Å². The molecule has 1 aromatic heterocycles. The fraction of sp³-hybridized carbons (Fsp3) is 0.346. The molecule has 2 amide bonds. The van der Waals surface area contributed by atoms with Gasteiger partial charge in [-0.3, -0.25) is 14.5 Å². The summed E-state index contributed by atoms with van der Waals surface area (Å²) in [7, 11) is 0. The minimum atomic E-state index is -0.0512. The van der Waals surface area contributed by atoms with Crippen LogP contribution in [-0.2, 0) is 11.4 Å². The first-order valence-corrected chi connectivity index (χ1v) is 12.3. The quantitative estimate of drug-likeness (QED) is 0.555. The highest BCUT2D eigenvalue weighted by Crippen LogP contribution is 2.23. The van der Waals surface area contributed by atoms with Crippen molar-refractivity contribution >= 4 is 28.8 Å². The molecule has 0 saturated carbocycles. The van der Waals surface area contributed by atoms with Gasteiger partial charge in [-0.15, -0.1) is 11.3 Å². The number of hydrogen-bond acceptors (Lipinski definition) is 6. The third kappa shape index (κ3) is 5.81. The molecular formula is C26H30N4O3S. The van der Waals surface area contributed by atoms with E-state index < -0.39 is 0 Å². The number of benzene rings is 2. The minimum absolute atomic E-state index is 0.0341. The van der Waals surface area contributed by atoms with E-state index in [-0.39, 0.29) is 11.8 Å². The second-order valence-corrected chi connectivity index (χ2v) is 9.59. The monoisotopic (exact) mass is 478 g/mol. The zero-order valence-electron chi connectivity index (χ0n) is 19.8. The Kier molecular flexibility index (Phi) is 7.59. The molecule has 1 N–H and O–H groups in total. The van der Waals surface area contributed by atoms with Crippen molar-refractivity contribution < 1.29 is 14.3 Å². The maximum Gasteiger partial charge on any atom is 0.257 e. The molecule has 0 aliphatic carbocycles. The van der Waals surface area contributed by atoms with Crippen molar-refractivity contribution in [1.29, 1.82) is 0 Å². The lowest BCUT2D eigenvalue weighted by Gasteiger charge is -2.34. The number of nitrogens with one attached hydrogen (secondary N) is 1. The average molecular weight is 479 g/mol. The summed E-state index contributed by atoms with van der Waals surface area (Å²) < 4.78 is 5.93. The first-order valence-electron chi connectivity index (χ1n) is 11.4. The van der Waals surface area contributed by atoms with E-state index in [2.05, 4.69) is 15.2 Å². The van der Waals surface area contributed by atoms with E-state index in [1.54, 1.807) is 17.4 Å². The molecule has 4 rings (SSSR count). The first kappa shape index (κ1) is 23.9. The van der Waals surface area contributed by atoms with Crippen LogP contribution in [0.4, 0.5) is 5.69 Å². The number of aromatic nitrogens is 1. The third-order valence-electron chi connectivity index (χ3n) is 5.93. The molecule has 2 aromatic carbocycles. The van der Waals surface area contributed by atoms with Gasteiger partial charge in [-0.2, -0.15) is 0 Å². The number of para-hydroxylation sites is 2. The molecule has 0 radical (unpaired) electrons. The van der Waals surface area contributed by atoms with Crippen LogP contribution in [0.1, 0.15) is 32.2 Å². The number of thiazole rings is 1. The second kappa shape index (κ2) is 10.8. The van der Waals surface area contributed by atoms with Gasteiger partial charge in [-0.1, -0.05) is 30.3 Å². The van der Waals surface area contributed by atoms with Gasteiger partial charge in [0.25, 0.3) is 5.91 Å². The Bertz CT molecular complexity index is 1150. The molecule has 1 aliphatic heterocycles. The van der Waals surface area contributed by atoms with Gasteiger partial charge in [0.15, 0.2) is 0 Å². The number of hydrogen-bond donors (Lipinski definition) is 1. The van der Waals surface area contributed by atoms with Crippen LogP contribution in [0.3, 0.4) is 0 Å². The van der Waals surface area contributed by atoms with E-state index in [1.165, 1.54) is 0 Å². The van der Waals surface area contributed by atoms with Gasteiger partial charge in [0, 0.05) is 37.2 Å². The predicted molar refractivity (Wildman–Crippen MR) is 135 cm³/mol. The molecule has 2 heterocycles. The molecule has 34 heavy (non-hydrogen) atoms. The number of carbonyl (C=O) groups is 2. The maximum absolute atomic E-state index is 13.2. The van der Waals surface area contributed by atoms with Crippen LogP contribution < -0.4 is 10.1 Å². The highest BCUT2D eigenvalue weighted by molar-refractivity contribution is 7.09. The molecule has 178 valence electrons. The van der Waals surface area contributed by atoms with Crippen LogP contribution in [0, 0.1) is 20.8 Å². The number of anilines is 1. The van der Waals surface area contributed by atoms with Crippen molar-refractivity contribution in [2.45, 2.75) is 27.4 Å². The molecule has 0 unspecified atom stereocenters. The lowest BCUT2D eigenvalue weighted by molar-refractivity contribution is -0.117. The highest BCUT2D eigenvalue weighted by Gasteiger charge is 2.25. The van der Waals surface area contributed by atoms with E-state index in [0.717, 1.165) is 27.5 Å². The molecule has 0 atom stereocenters. The Morgan fingerprint density at radius 1 is 1.00 bits per heavy atom. The van der Waals surface area contributed by atoms with E-state index in [1.807, 2.05) is 67.4 Å². The SMILES string of the molecule is Cc1nc(COc2ccccc2C(=O)N2CCN(CC(=O)Nc3c(C)cccc3C)CC2)cs1. The van der Waals surface area contributed by atoms with Gasteiger partial charge in [0.2, 0.25) is 5.91 Å². The number of nitrogens with zero attached hydrogens (tertiary/aromatic N) is 3. The average Bonchev–Trinajstić information content (AvgIpc) is 3.25. The fourth-order valence-corrected chi connectivity index (χ4v) is 4.67. The Balaban J connectivity index is 1.31. The van der Waals surface area contributed by atoms with Crippen LogP contribution >= 0.6 is 11.3 Å². The normalized spacial score (nSPS) is 14.1. The summed E-state index contributed by atoms with van der Waals surface area (Å²) in [5.74, 6) is 0.478. The Morgan fingerprint density at radius 2 is 1.71 bits per heavy atom. The topological polar surface area (TPSA) is 74.8 Å². The second-order valence-electron chi connectivity index (χ2n) is 8.53. The van der Waals surface area contributed by atoms with Gasteiger partial charge in [-0.25, -0.2) is 4.98 Å². The number of carbonyl (C=O) groups excluding carboxylic acids is 2. The smallest absolute Gasteiger partial charge is 0.257 e. The Labute approximate surface area is 204 Å². The largest absolute Gasteiger partial charge is 0.486 e. The fourth-order valence-electron chi connectivity index (χ4n) is 4.07.